The molecule has 2 heterocycles. The van der Waals surface area contributed by atoms with Crippen LogP contribution in [0.2, 0.25) is 5.02 Å². The number of piperidine rings is 1. The Hall–Kier alpha value is -2.47. The van der Waals surface area contributed by atoms with Gasteiger partial charge >= 0.3 is 0 Å². The van der Waals surface area contributed by atoms with Crippen LogP contribution in [-0.2, 0) is 4.79 Å². The molecule has 1 aliphatic heterocycles. The molecule has 1 fully saturated rings. The fourth-order valence-corrected chi connectivity index (χ4v) is 3.42. The average molecular weight is 373 g/mol. The predicted molar refractivity (Wildman–Crippen MR) is 99.6 cm³/mol. The van der Waals surface area contributed by atoms with Crippen molar-refractivity contribution >= 4 is 23.4 Å². The van der Waals surface area contributed by atoms with Gasteiger partial charge in [0.05, 0.1) is 5.92 Å². The molecule has 2 unspecified atom stereocenters. The zero-order valence-electron chi connectivity index (χ0n) is 14.8. The Morgan fingerprint density at radius 2 is 1.88 bits per heavy atom. The molecule has 3 rings (SSSR count). The molecular weight excluding hydrogens is 352 g/mol. The van der Waals surface area contributed by atoms with E-state index in [1.807, 2.05) is 26.0 Å². The van der Waals surface area contributed by atoms with Crippen LogP contribution in [0.15, 0.2) is 30.3 Å². The molecule has 1 aliphatic rings. The molecule has 2 atom stereocenters. The quantitative estimate of drug-likeness (QED) is 0.896. The van der Waals surface area contributed by atoms with Crippen molar-refractivity contribution in [2.75, 3.05) is 13.1 Å². The number of halogens is 1. The molecule has 1 aromatic heterocycles. The largest absolute Gasteiger partial charge is 0.369 e. The lowest BCUT2D eigenvalue weighted by atomic mass is 9.90. The lowest BCUT2D eigenvalue weighted by Gasteiger charge is -2.35. The zero-order valence-corrected chi connectivity index (χ0v) is 15.5. The van der Waals surface area contributed by atoms with E-state index in [0.29, 0.717) is 41.7 Å². The molecular formula is C19H21ClN4O2. The van der Waals surface area contributed by atoms with Crippen LogP contribution in [0.5, 0.6) is 0 Å². The molecule has 0 radical (unpaired) electrons. The number of carbonyl (C=O) groups excluding carboxylic acids is 2. The summed E-state index contributed by atoms with van der Waals surface area (Å²) in [6, 6.07) is 8.82. The third kappa shape index (κ3) is 4.02. The minimum absolute atomic E-state index is 0.205. The second kappa shape index (κ2) is 7.41. The van der Waals surface area contributed by atoms with E-state index in [0.717, 1.165) is 5.56 Å². The van der Waals surface area contributed by atoms with Crippen molar-refractivity contribution in [3.8, 4) is 11.4 Å². The Balaban J connectivity index is 1.89. The lowest BCUT2D eigenvalue weighted by molar-refractivity contribution is -0.123. The number of nitrogens with zero attached hydrogens (tertiary/aromatic N) is 3. The number of hydrogen-bond acceptors (Lipinski definition) is 4. The molecule has 2 amide bonds. The molecule has 0 saturated carbocycles. The van der Waals surface area contributed by atoms with E-state index in [9.17, 15) is 9.59 Å². The summed E-state index contributed by atoms with van der Waals surface area (Å²) in [5.41, 5.74) is 7.26. The molecule has 2 aromatic rings. The number of aromatic nitrogens is 2. The highest BCUT2D eigenvalue weighted by Crippen LogP contribution is 2.24. The van der Waals surface area contributed by atoms with Crippen LogP contribution in [0.4, 0.5) is 0 Å². The van der Waals surface area contributed by atoms with Gasteiger partial charge in [-0.3, -0.25) is 9.59 Å². The summed E-state index contributed by atoms with van der Waals surface area (Å²) in [5.74, 6) is -0.203. The summed E-state index contributed by atoms with van der Waals surface area (Å²) >= 11 is 5.93. The van der Waals surface area contributed by atoms with E-state index in [2.05, 4.69) is 9.97 Å². The van der Waals surface area contributed by atoms with E-state index in [1.165, 1.54) is 0 Å². The lowest BCUT2D eigenvalue weighted by Crippen LogP contribution is -2.47. The monoisotopic (exact) mass is 372 g/mol. The summed E-state index contributed by atoms with van der Waals surface area (Å²) in [4.78, 5) is 35.1. The number of rotatable bonds is 3. The van der Waals surface area contributed by atoms with Gasteiger partial charge in [0, 0.05) is 29.4 Å². The first-order chi connectivity index (χ1) is 12.3. The summed E-state index contributed by atoms with van der Waals surface area (Å²) in [5, 5.41) is 0.623. The molecule has 0 spiro atoms. The second-order valence-corrected chi connectivity index (χ2v) is 7.31. The van der Waals surface area contributed by atoms with Crippen molar-refractivity contribution in [2.45, 2.75) is 20.3 Å². The van der Waals surface area contributed by atoms with Gasteiger partial charge in [-0.2, -0.15) is 0 Å². The highest BCUT2D eigenvalue weighted by Gasteiger charge is 2.32. The number of carbonyl (C=O) groups is 2. The summed E-state index contributed by atoms with van der Waals surface area (Å²) in [6.07, 6.45) is 0.706. The Bertz CT molecular complexity index is 838. The molecule has 136 valence electrons. The van der Waals surface area contributed by atoms with Crippen LogP contribution >= 0.6 is 11.6 Å². The van der Waals surface area contributed by atoms with Gasteiger partial charge in [0.15, 0.2) is 5.82 Å². The van der Waals surface area contributed by atoms with E-state index in [1.54, 1.807) is 23.1 Å². The summed E-state index contributed by atoms with van der Waals surface area (Å²) in [6.45, 7) is 4.75. The van der Waals surface area contributed by atoms with Gasteiger partial charge in [-0.25, -0.2) is 9.97 Å². The second-order valence-electron chi connectivity index (χ2n) is 6.88. The number of nitrogens with two attached hydrogens (primary N) is 1. The maximum atomic E-state index is 13.0. The number of amides is 2. The maximum Gasteiger partial charge on any atom is 0.272 e. The molecule has 7 heteroatoms. The van der Waals surface area contributed by atoms with Crippen LogP contribution < -0.4 is 5.73 Å². The highest BCUT2D eigenvalue weighted by molar-refractivity contribution is 6.30. The van der Waals surface area contributed by atoms with Gasteiger partial charge in [0.1, 0.15) is 5.69 Å². The van der Waals surface area contributed by atoms with Crippen LogP contribution in [-0.4, -0.2) is 39.8 Å². The Labute approximate surface area is 157 Å². The first-order valence-electron chi connectivity index (χ1n) is 8.53. The fourth-order valence-electron chi connectivity index (χ4n) is 3.29. The van der Waals surface area contributed by atoms with Crippen molar-refractivity contribution in [3.63, 3.8) is 0 Å². The molecule has 6 nitrogen and oxygen atoms in total. The van der Waals surface area contributed by atoms with E-state index >= 15 is 0 Å². The third-order valence-electron chi connectivity index (χ3n) is 4.53. The first-order valence-corrected chi connectivity index (χ1v) is 8.91. The number of benzene rings is 1. The first kappa shape index (κ1) is 18.3. The Morgan fingerprint density at radius 3 is 2.54 bits per heavy atom. The summed E-state index contributed by atoms with van der Waals surface area (Å²) in [7, 11) is 0. The molecule has 26 heavy (non-hydrogen) atoms. The van der Waals surface area contributed by atoms with Gasteiger partial charge in [-0.15, -0.1) is 0 Å². The standard InChI is InChI=1S/C19H21ClN4O2/c1-11-7-14(17(21)25)10-24(9-11)19(26)16-8-12(2)22-18(23-16)13-3-5-15(20)6-4-13/h3-6,8,11,14H,7,9-10H2,1-2H3,(H2,21,25). The zero-order chi connectivity index (χ0) is 18.8. The van der Waals surface area contributed by atoms with Crippen molar-refractivity contribution in [2.24, 2.45) is 17.6 Å². The van der Waals surface area contributed by atoms with Gasteiger partial charge in [-0.05, 0) is 49.6 Å². The Morgan fingerprint density at radius 1 is 1.19 bits per heavy atom. The molecule has 2 N–H and O–H groups in total. The maximum absolute atomic E-state index is 13.0. The Kier molecular flexibility index (Phi) is 5.23. The number of aryl methyl sites for hydroxylation is 1. The number of hydrogen-bond donors (Lipinski definition) is 1. The van der Waals surface area contributed by atoms with Crippen molar-refractivity contribution in [1.29, 1.82) is 0 Å². The van der Waals surface area contributed by atoms with Crippen molar-refractivity contribution in [3.05, 3.63) is 46.7 Å². The van der Waals surface area contributed by atoms with Gasteiger partial charge in [-0.1, -0.05) is 18.5 Å². The van der Waals surface area contributed by atoms with E-state index in [-0.39, 0.29) is 23.7 Å². The minimum Gasteiger partial charge on any atom is -0.369 e. The third-order valence-corrected chi connectivity index (χ3v) is 4.78. The molecule has 0 aliphatic carbocycles. The average Bonchev–Trinajstić information content (AvgIpc) is 2.60. The van der Waals surface area contributed by atoms with Crippen molar-refractivity contribution in [1.82, 2.24) is 14.9 Å². The fraction of sp³-hybridized carbons (Fsp3) is 0.368. The minimum atomic E-state index is -0.366. The SMILES string of the molecule is Cc1cc(C(=O)N2CC(C)CC(C(N)=O)C2)nc(-c2ccc(Cl)cc2)n1. The molecule has 1 aromatic carbocycles. The van der Waals surface area contributed by atoms with Crippen LogP contribution in [0.3, 0.4) is 0 Å². The van der Waals surface area contributed by atoms with Crippen LogP contribution in [0.1, 0.15) is 29.5 Å². The van der Waals surface area contributed by atoms with E-state index in [4.69, 9.17) is 17.3 Å². The van der Waals surface area contributed by atoms with Gasteiger partial charge in [0.2, 0.25) is 5.91 Å². The van der Waals surface area contributed by atoms with Crippen LogP contribution in [0, 0.1) is 18.8 Å². The number of likely N-dealkylation sites (tertiary alicyclic amines) is 1. The smallest absolute Gasteiger partial charge is 0.272 e. The summed E-state index contributed by atoms with van der Waals surface area (Å²) < 4.78 is 0. The predicted octanol–water partition coefficient (Wildman–Crippen LogP) is 2.69. The number of primary amides is 1. The molecule has 0 bridgehead atoms. The molecule has 1 saturated heterocycles. The van der Waals surface area contributed by atoms with Crippen molar-refractivity contribution < 1.29 is 9.59 Å². The van der Waals surface area contributed by atoms with E-state index < -0.39 is 0 Å². The van der Waals surface area contributed by atoms with Crippen LogP contribution in [0.25, 0.3) is 11.4 Å². The van der Waals surface area contributed by atoms with Gasteiger partial charge < -0.3 is 10.6 Å². The normalized spacial score (nSPS) is 20.0. The topological polar surface area (TPSA) is 89.2 Å². The highest BCUT2D eigenvalue weighted by atomic mass is 35.5. The van der Waals surface area contributed by atoms with Gasteiger partial charge in [0.25, 0.3) is 5.91 Å².